The van der Waals surface area contributed by atoms with Gasteiger partial charge >= 0.3 is 0 Å². The molecule has 7 heteroatoms. The summed E-state index contributed by atoms with van der Waals surface area (Å²) in [7, 11) is 1.72. The minimum atomic E-state index is -0.178. The van der Waals surface area contributed by atoms with Gasteiger partial charge in [0.25, 0.3) is 5.91 Å². The molecule has 4 nitrogen and oxygen atoms in total. The quantitative estimate of drug-likeness (QED) is 0.857. The lowest BCUT2D eigenvalue weighted by Gasteiger charge is -2.15. The third kappa shape index (κ3) is 3.28. The van der Waals surface area contributed by atoms with Gasteiger partial charge in [-0.05, 0) is 29.3 Å². The summed E-state index contributed by atoms with van der Waals surface area (Å²) in [5.74, 6) is -0.178. The van der Waals surface area contributed by atoms with Crippen LogP contribution in [0.1, 0.15) is 15.4 Å². The van der Waals surface area contributed by atoms with Crippen LogP contribution in [0.4, 0.5) is 0 Å². The van der Waals surface area contributed by atoms with E-state index in [0.29, 0.717) is 11.6 Å². The van der Waals surface area contributed by atoms with Crippen molar-refractivity contribution in [2.45, 2.75) is 6.54 Å². The number of nitrogens with zero attached hydrogens (tertiary/aromatic N) is 3. The van der Waals surface area contributed by atoms with Gasteiger partial charge in [0.15, 0.2) is 0 Å². The molecular formula is C11H9BrClN3OS. The summed E-state index contributed by atoms with van der Waals surface area (Å²) in [5, 5.41) is 7.65. The Balaban J connectivity index is 2.05. The lowest BCUT2D eigenvalue weighted by atomic mass is 10.2. The largest absolute Gasteiger partial charge is 0.335 e. The van der Waals surface area contributed by atoms with Crippen LogP contribution in [0.15, 0.2) is 28.7 Å². The Labute approximate surface area is 122 Å². The van der Waals surface area contributed by atoms with Crippen LogP contribution in [-0.4, -0.2) is 28.1 Å². The predicted octanol–water partition coefficient (Wildman–Crippen LogP) is 3.23. The second kappa shape index (κ2) is 5.77. The van der Waals surface area contributed by atoms with Gasteiger partial charge in [-0.2, -0.15) is 0 Å². The Hall–Kier alpha value is -0.980. The Kier molecular flexibility index (Phi) is 4.31. The summed E-state index contributed by atoms with van der Waals surface area (Å²) in [6.45, 7) is 0.517. The predicted molar refractivity (Wildman–Crippen MR) is 74.9 cm³/mol. The Morgan fingerprint density at radius 1 is 1.39 bits per heavy atom. The molecule has 0 atom stereocenters. The number of carbonyl (C=O) groups is 1. The number of amides is 1. The lowest BCUT2D eigenvalue weighted by Crippen LogP contribution is -2.26. The SMILES string of the molecule is CN(Cc1ccc(Br)cc1)C(=O)c1nnc(Cl)s1. The molecule has 18 heavy (non-hydrogen) atoms. The highest BCUT2D eigenvalue weighted by atomic mass is 79.9. The van der Waals surface area contributed by atoms with Crippen LogP contribution in [0.25, 0.3) is 0 Å². The fraction of sp³-hybridized carbons (Fsp3) is 0.182. The van der Waals surface area contributed by atoms with Gasteiger partial charge in [-0.25, -0.2) is 0 Å². The zero-order valence-electron chi connectivity index (χ0n) is 9.43. The number of halogens is 2. The molecule has 0 bridgehead atoms. The van der Waals surface area contributed by atoms with Crippen LogP contribution in [0, 0.1) is 0 Å². The molecule has 1 aromatic heterocycles. The Bertz CT molecular complexity index is 558. The monoisotopic (exact) mass is 345 g/mol. The molecule has 1 amide bonds. The maximum Gasteiger partial charge on any atom is 0.284 e. The number of hydrogen-bond acceptors (Lipinski definition) is 4. The summed E-state index contributed by atoms with van der Waals surface area (Å²) in [6, 6.07) is 7.80. The van der Waals surface area contributed by atoms with Gasteiger partial charge in [0.1, 0.15) is 0 Å². The van der Waals surface area contributed by atoms with Gasteiger partial charge in [0.05, 0.1) is 0 Å². The van der Waals surface area contributed by atoms with E-state index in [-0.39, 0.29) is 10.4 Å². The van der Waals surface area contributed by atoms with E-state index in [1.165, 1.54) is 0 Å². The van der Waals surface area contributed by atoms with E-state index in [1.807, 2.05) is 24.3 Å². The third-order valence-corrected chi connectivity index (χ3v) is 3.80. The number of benzene rings is 1. The van der Waals surface area contributed by atoms with Gasteiger partial charge in [-0.3, -0.25) is 4.79 Å². The van der Waals surface area contributed by atoms with E-state index in [9.17, 15) is 4.79 Å². The lowest BCUT2D eigenvalue weighted by molar-refractivity contribution is 0.0784. The van der Waals surface area contributed by atoms with Crippen LogP contribution < -0.4 is 0 Å². The van der Waals surface area contributed by atoms with Crippen LogP contribution in [0.3, 0.4) is 0 Å². The molecule has 0 radical (unpaired) electrons. The van der Waals surface area contributed by atoms with E-state index < -0.39 is 0 Å². The maximum absolute atomic E-state index is 12.0. The minimum Gasteiger partial charge on any atom is -0.335 e. The first kappa shape index (κ1) is 13.5. The number of rotatable bonds is 3. The summed E-state index contributed by atoms with van der Waals surface area (Å²) >= 11 is 10.1. The Morgan fingerprint density at radius 3 is 2.61 bits per heavy atom. The van der Waals surface area contributed by atoms with Gasteiger partial charge in [0, 0.05) is 18.1 Å². The zero-order chi connectivity index (χ0) is 13.1. The van der Waals surface area contributed by atoms with Crippen molar-refractivity contribution in [1.82, 2.24) is 15.1 Å². The fourth-order valence-corrected chi connectivity index (χ4v) is 2.48. The summed E-state index contributed by atoms with van der Waals surface area (Å²) < 4.78 is 1.28. The van der Waals surface area contributed by atoms with Crippen molar-refractivity contribution in [2.24, 2.45) is 0 Å². The molecule has 94 valence electrons. The molecule has 2 rings (SSSR count). The standard InChI is InChI=1S/C11H9BrClN3OS/c1-16(6-7-2-4-8(12)5-3-7)10(17)9-14-15-11(13)18-9/h2-5H,6H2,1H3. The van der Waals surface area contributed by atoms with Crippen molar-refractivity contribution in [2.75, 3.05) is 7.05 Å². The van der Waals surface area contributed by atoms with E-state index in [4.69, 9.17) is 11.6 Å². The molecule has 0 saturated carbocycles. The molecule has 1 heterocycles. The van der Waals surface area contributed by atoms with E-state index in [1.54, 1.807) is 11.9 Å². The van der Waals surface area contributed by atoms with Crippen LogP contribution in [-0.2, 0) is 6.54 Å². The number of hydrogen-bond donors (Lipinski definition) is 0. The first-order valence-electron chi connectivity index (χ1n) is 5.05. The van der Waals surface area contributed by atoms with Crippen molar-refractivity contribution in [3.8, 4) is 0 Å². The molecular weight excluding hydrogens is 338 g/mol. The summed E-state index contributed by atoms with van der Waals surface area (Å²) in [6.07, 6.45) is 0. The van der Waals surface area contributed by atoms with E-state index in [2.05, 4.69) is 26.1 Å². The average molecular weight is 347 g/mol. The molecule has 2 aromatic rings. The zero-order valence-corrected chi connectivity index (χ0v) is 12.6. The second-order valence-corrected chi connectivity index (χ2v) is 6.12. The maximum atomic E-state index is 12.0. The van der Waals surface area contributed by atoms with Crippen LogP contribution in [0.2, 0.25) is 4.47 Å². The highest BCUT2D eigenvalue weighted by molar-refractivity contribution is 9.10. The minimum absolute atomic E-state index is 0.178. The molecule has 0 aliphatic heterocycles. The highest BCUT2D eigenvalue weighted by Crippen LogP contribution is 2.17. The Morgan fingerprint density at radius 2 is 2.06 bits per heavy atom. The molecule has 0 fully saturated rings. The van der Waals surface area contributed by atoms with E-state index >= 15 is 0 Å². The molecule has 0 saturated heterocycles. The molecule has 1 aromatic carbocycles. The third-order valence-electron chi connectivity index (χ3n) is 2.26. The first-order chi connectivity index (χ1) is 8.56. The van der Waals surface area contributed by atoms with E-state index in [0.717, 1.165) is 21.4 Å². The normalized spacial score (nSPS) is 10.4. The van der Waals surface area contributed by atoms with Crippen molar-refractivity contribution in [3.05, 3.63) is 43.8 Å². The molecule has 0 unspecified atom stereocenters. The van der Waals surface area contributed by atoms with Crippen LogP contribution >= 0.6 is 38.9 Å². The van der Waals surface area contributed by atoms with Crippen molar-refractivity contribution >= 4 is 44.8 Å². The van der Waals surface area contributed by atoms with Crippen LogP contribution in [0.5, 0.6) is 0 Å². The summed E-state index contributed by atoms with van der Waals surface area (Å²) in [4.78, 5) is 13.6. The number of aromatic nitrogens is 2. The van der Waals surface area contributed by atoms with Crippen molar-refractivity contribution < 1.29 is 4.79 Å². The molecule has 0 spiro atoms. The van der Waals surface area contributed by atoms with Crippen molar-refractivity contribution in [1.29, 1.82) is 0 Å². The van der Waals surface area contributed by atoms with Gasteiger partial charge in [-0.1, -0.05) is 39.4 Å². The average Bonchev–Trinajstić information content (AvgIpc) is 2.78. The van der Waals surface area contributed by atoms with Gasteiger partial charge < -0.3 is 4.90 Å². The first-order valence-corrected chi connectivity index (χ1v) is 7.04. The molecule has 0 aliphatic carbocycles. The topological polar surface area (TPSA) is 46.1 Å². The van der Waals surface area contributed by atoms with Gasteiger partial charge in [0.2, 0.25) is 9.47 Å². The second-order valence-electron chi connectivity index (χ2n) is 3.65. The molecule has 0 N–H and O–H groups in total. The van der Waals surface area contributed by atoms with Gasteiger partial charge in [-0.15, -0.1) is 10.2 Å². The fourth-order valence-electron chi connectivity index (χ4n) is 1.39. The van der Waals surface area contributed by atoms with Crippen molar-refractivity contribution in [3.63, 3.8) is 0 Å². The molecule has 0 aliphatic rings. The summed E-state index contributed by atoms with van der Waals surface area (Å²) in [5.41, 5.74) is 1.05. The smallest absolute Gasteiger partial charge is 0.284 e. The highest BCUT2D eigenvalue weighted by Gasteiger charge is 2.16. The number of carbonyl (C=O) groups excluding carboxylic acids is 1.